The zero-order chi connectivity index (χ0) is 14.4. The van der Waals surface area contributed by atoms with E-state index in [0.717, 1.165) is 0 Å². The molecule has 0 aliphatic heterocycles. The summed E-state index contributed by atoms with van der Waals surface area (Å²) in [5.74, 6) is -1.41. The molecule has 5 nitrogen and oxygen atoms in total. The van der Waals surface area contributed by atoms with Crippen molar-refractivity contribution >= 4 is 27.7 Å². The van der Waals surface area contributed by atoms with Crippen LogP contribution in [0.4, 0.5) is 0 Å². The molecule has 0 fully saturated rings. The van der Waals surface area contributed by atoms with Gasteiger partial charge in [0.1, 0.15) is 5.75 Å². The molecule has 1 rings (SSSR count). The van der Waals surface area contributed by atoms with Crippen molar-refractivity contribution in [3.8, 4) is 5.75 Å². The zero-order valence-corrected chi connectivity index (χ0v) is 12.0. The fraction of sp³-hybridized carbons (Fsp3) is 0.385. The van der Waals surface area contributed by atoms with Crippen molar-refractivity contribution in [2.75, 3.05) is 11.9 Å². The number of carboxylic acids is 1. The third-order valence-electron chi connectivity index (χ3n) is 2.48. The lowest BCUT2D eigenvalue weighted by atomic mass is 10.0. The molecule has 0 amide bonds. The van der Waals surface area contributed by atoms with E-state index in [-0.39, 0.29) is 30.1 Å². The van der Waals surface area contributed by atoms with Gasteiger partial charge in [-0.3, -0.25) is 4.79 Å². The van der Waals surface area contributed by atoms with Gasteiger partial charge in [0.2, 0.25) is 0 Å². The van der Waals surface area contributed by atoms with Gasteiger partial charge in [-0.1, -0.05) is 28.1 Å². The number of ether oxygens (including phenoxy) is 1. The van der Waals surface area contributed by atoms with Gasteiger partial charge in [-0.15, -0.1) is 0 Å². The van der Waals surface area contributed by atoms with Crippen LogP contribution in [-0.4, -0.2) is 33.9 Å². The Hall–Kier alpha value is -1.40. The second-order valence-corrected chi connectivity index (χ2v) is 4.55. The van der Waals surface area contributed by atoms with Gasteiger partial charge >= 0.3 is 5.97 Å². The van der Waals surface area contributed by atoms with E-state index < -0.39 is 12.1 Å². The molecular formula is C13H15BrO5. The van der Waals surface area contributed by atoms with E-state index >= 15 is 0 Å². The maximum atomic E-state index is 11.9. The van der Waals surface area contributed by atoms with Crippen LogP contribution in [0.1, 0.15) is 35.4 Å². The smallest absolute Gasteiger partial charge is 0.337 e. The molecule has 19 heavy (non-hydrogen) atoms. The first kappa shape index (κ1) is 15.7. The number of aliphatic hydroxyl groups excluding tert-OH is 1. The van der Waals surface area contributed by atoms with Crippen molar-refractivity contribution in [2.24, 2.45) is 0 Å². The number of halogens is 1. The van der Waals surface area contributed by atoms with Crippen LogP contribution in [-0.2, 0) is 4.79 Å². The summed E-state index contributed by atoms with van der Waals surface area (Å²) < 4.78 is 5.35. The molecule has 0 saturated carbocycles. The monoisotopic (exact) mass is 330 g/mol. The maximum Gasteiger partial charge on any atom is 0.337 e. The minimum atomic E-state index is -1.71. The average Bonchev–Trinajstić information content (AvgIpc) is 2.38. The van der Waals surface area contributed by atoms with E-state index in [0.29, 0.717) is 10.9 Å². The lowest BCUT2D eigenvalue weighted by Gasteiger charge is -2.16. The van der Waals surface area contributed by atoms with Crippen LogP contribution >= 0.6 is 15.9 Å². The summed E-state index contributed by atoms with van der Waals surface area (Å²) >= 11 is 3.18. The molecule has 0 saturated heterocycles. The predicted molar refractivity (Wildman–Crippen MR) is 72.9 cm³/mol. The van der Waals surface area contributed by atoms with Gasteiger partial charge in [0.15, 0.2) is 11.9 Å². The van der Waals surface area contributed by atoms with E-state index in [2.05, 4.69) is 15.9 Å². The van der Waals surface area contributed by atoms with Gasteiger partial charge in [-0.05, 0) is 13.0 Å². The summed E-state index contributed by atoms with van der Waals surface area (Å²) in [7, 11) is 0. The van der Waals surface area contributed by atoms with E-state index in [4.69, 9.17) is 9.84 Å². The number of alkyl halides is 1. The summed E-state index contributed by atoms with van der Waals surface area (Å²) in [6, 6.07) is 4.54. The van der Waals surface area contributed by atoms with Crippen LogP contribution < -0.4 is 4.74 Å². The number of carboxylic acid groups (broad SMARTS) is 1. The molecule has 1 atom stereocenters. The average molecular weight is 331 g/mol. The summed E-state index contributed by atoms with van der Waals surface area (Å²) in [6.45, 7) is 2.00. The highest BCUT2D eigenvalue weighted by molar-refractivity contribution is 9.09. The molecule has 6 heteroatoms. The quantitative estimate of drug-likeness (QED) is 0.591. The number of carbonyl (C=O) groups excluding carboxylic acids is 1. The van der Waals surface area contributed by atoms with Gasteiger partial charge in [0.25, 0.3) is 0 Å². The van der Waals surface area contributed by atoms with Crippen LogP contribution in [0.25, 0.3) is 0 Å². The number of hydrogen-bond acceptors (Lipinski definition) is 4. The summed E-state index contributed by atoms with van der Waals surface area (Å²) in [5.41, 5.74) is 0.383. The van der Waals surface area contributed by atoms with Gasteiger partial charge < -0.3 is 14.9 Å². The molecule has 0 aromatic heterocycles. The number of Topliss-reactive ketones (excluding diaryl/α,β-unsaturated/α-hetero) is 1. The van der Waals surface area contributed by atoms with Gasteiger partial charge in [0, 0.05) is 17.3 Å². The normalized spacial score (nSPS) is 11.9. The third-order valence-corrected chi connectivity index (χ3v) is 2.88. The molecular weight excluding hydrogens is 316 g/mol. The fourth-order valence-corrected chi connectivity index (χ4v) is 2.01. The zero-order valence-electron chi connectivity index (χ0n) is 10.4. The molecule has 2 N–H and O–H groups in total. The van der Waals surface area contributed by atoms with Crippen molar-refractivity contribution in [1.82, 2.24) is 0 Å². The van der Waals surface area contributed by atoms with Crippen molar-refractivity contribution in [3.05, 3.63) is 29.3 Å². The number of ketones is 1. The molecule has 1 aromatic rings. The number of hydrogen-bond donors (Lipinski definition) is 2. The van der Waals surface area contributed by atoms with Crippen LogP contribution in [0.2, 0.25) is 0 Å². The predicted octanol–water partition coefficient (Wildman–Crippen LogP) is 2.17. The van der Waals surface area contributed by atoms with Crippen molar-refractivity contribution in [2.45, 2.75) is 19.4 Å². The minimum Gasteiger partial charge on any atom is -0.493 e. The van der Waals surface area contributed by atoms with Crippen molar-refractivity contribution < 1.29 is 24.5 Å². The van der Waals surface area contributed by atoms with E-state index in [1.807, 2.05) is 0 Å². The first-order valence-electron chi connectivity index (χ1n) is 5.78. The number of rotatable bonds is 7. The van der Waals surface area contributed by atoms with Crippen LogP contribution in [0, 0.1) is 0 Å². The molecule has 0 aliphatic rings. The van der Waals surface area contributed by atoms with E-state index in [1.54, 1.807) is 13.0 Å². The fourth-order valence-electron chi connectivity index (χ4n) is 1.65. The first-order chi connectivity index (χ1) is 9.02. The third kappa shape index (κ3) is 3.78. The Kier molecular flexibility index (Phi) is 5.98. The Morgan fingerprint density at radius 3 is 2.63 bits per heavy atom. The van der Waals surface area contributed by atoms with Crippen molar-refractivity contribution in [3.63, 3.8) is 0 Å². The molecule has 0 bridgehead atoms. The minimum absolute atomic E-state index is 0.0924. The molecule has 0 spiro atoms. The number of carbonyl (C=O) groups is 2. The van der Waals surface area contributed by atoms with E-state index in [9.17, 15) is 14.7 Å². The van der Waals surface area contributed by atoms with Crippen LogP contribution in [0.3, 0.4) is 0 Å². The highest BCUT2D eigenvalue weighted by atomic mass is 79.9. The molecule has 0 heterocycles. The second-order valence-electron chi connectivity index (χ2n) is 3.76. The van der Waals surface area contributed by atoms with Crippen LogP contribution in [0.5, 0.6) is 5.75 Å². The summed E-state index contributed by atoms with van der Waals surface area (Å²) in [5, 5.41) is 19.0. The number of aliphatic hydroxyl groups is 1. The maximum absolute atomic E-state index is 11.9. The molecule has 104 valence electrons. The largest absolute Gasteiger partial charge is 0.493 e. The van der Waals surface area contributed by atoms with Gasteiger partial charge in [0.05, 0.1) is 12.2 Å². The van der Waals surface area contributed by atoms with E-state index in [1.165, 1.54) is 12.1 Å². The van der Waals surface area contributed by atoms with Gasteiger partial charge in [-0.2, -0.15) is 0 Å². The Morgan fingerprint density at radius 2 is 2.11 bits per heavy atom. The Morgan fingerprint density at radius 1 is 1.42 bits per heavy atom. The number of benzene rings is 1. The molecule has 1 unspecified atom stereocenters. The number of aliphatic carboxylic acids is 1. The number of para-hydroxylation sites is 1. The molecule has 1 aromatic carbocycles. The highest BCUT2D eigenvalue weighted by Gasteiger charge is 2.24. The molecule has 0 radical (unpaired) electrons. The lowest BCUT2D eigenvalue weighted by Crippen LogP contribution is -2.14. The lowest BCUT2D eigenvalue weighted by molar-refractivity contribution is -0.147. The van der Waals surface area contributed by atoms with Crippen molar-refractivity contribution in [1.29, 1.82) is 0 Å². The summed E-state index contributed by atoms with van der Waals surface area (Å²) in [4.78, 5) is 22.8. The van der Waals surface area contributed by atoms with Gasteiger partial charge in [-0.25, -0.2) is 4.79 Å². The topological polar surface area (TPSA) is 83.8 Å². The standard InChI is InChI=1S/C13H15BrO5/c1-2-19-12-8(10(15)6-7-14)4-3-5-9(12)11(16)13(17)18/h3-5,11,16H,2,6-7H2,1H3,(H,17,18). The Balaban J connectivity index is 3.28. The first-order valence-corrected chi connectivity index (χ1v) is 6.90. The molecule has 0 aliphatic carbocycles. The SMILES string of the molecule is CCOc1c(C(=O)CCBr)cccc1C(O)C(=O)O. The van der Waals surface area contributed by atoms with Crippen LogP contribution in [0.15, 0.2) is 18.2 Å². The summed E-state index contributed by atoms with van der Waals surface area (Å²) in [6.07, 6.45) is -1.44. The Labute approximate surface area is 119 Å². The Bertz CT molecular complexity index is 472. The highest BCUT2D eigenvalue weighted by Crippen LogP contribution is 2.30. The second kappa shape index (κ2) is 7.25.